The quantitative estimate of drug-likeness (QED) is 0.604. The summed E-state index contributed by atoms with van der Waals surface area (Å²) in [5, 5.41) is 0.908. The molecule has 0 atom stereocenters. The van der Waals surface area contributed by atoms with E-state index in [0.717, 1.165) is 6.42 Å². The SMILES string of the molecule is COC(=O)c1ccc2c(=O)[nH]c(/C(Cl)=C/c3cc(Cl)c4c(c3)OCCCO4)nc2c1. The smallest absolute Gasteiger partial charge is 0.337 e. The van der Waals surface area contributed by atoms with Crippen LogP contribution in [0.3, 0.4) is 0 Å². The molecule has 0 bridgehead atoms. The van der Waals surface area contributed by atoms with Gasteiger partial charge in [-0.25, -0.2) is 9.78 Å². The van der Waals surface area contributed by atoms with Crippen LogP contribution in [0.15, 0.2) is 35.1 Å². The molecule has 1 aliphatic rings. The molecule has 30 heavy (non-hydrogen) atoms. The van der Waals surface area contributed by atoms with Crippen LogP contribution in [0.5, 0.6) is 11.5 Å². The highest BCUT2D eigenvalue weighted by atomic mass is 35.5. The number of hydrogen-bond donors (Lipinski definition) is 1. The molecule has 2 aromatic carbocycles. The molecule has 7 nitrogen and oxygen atoms in total. The molecule has 1 aromatic heterocycles. The Bertz CT molecular complexity index is 1240. The van der Waals surface area contributed by atoms with E-state index in [9.17, 15) is 9.59 Å². The van der Waals surface area contributed by atoms with Crippen molar-refractivity contribution in [2.75, 3.05) is 20.3 Å². The van der Waals surface area contributed by atoms with Crippen LogP contribution in [0.1, 0.15) is 28.2 Å². The van der Waals surface area contributed by atoms with Crippen molar-refractivity contribution < 1.29 is 19.0 Å². The van der Waals surface area contributed by atoms with E-state index < -0.39 is 5.97 Å². The van der Waals surface area contributed by atoms with Crippen molar-refractivity contribution in [3.05, 3.63) is 62.7 Å². The molecule has 0 aliphatic carbocycles. The summed E-state index contributed by atoms with van der Waals surface area (Å²) in [6, 6.07) is 7.93. The van der Waals surface area contributed by atoms with Gasteiger partial charge in [-0.15, -0.1) is 0 Å². The minimum atomic E-state index is -0.524. The lowest BCUT2D eigenvalue weighted by molar-refractivity contribution is 0.0601. The highest BCUT2D eigenvalue weighted by Crippen LogP contribution is 2.39. The van der Waals surface area contributed by atoms with Gasteiger partial charge in [-0.3, -0.25) is 4.79 Å². The average molecular weight is 447 g/mol. The van der Waals surface area contributed by atoms with E-state index >= 15 is 0 Å². The van der Waals surface area contributed by atoms with Gasteiger partial charge in [-0.05, 0) is 42.0 Å². The van der Waals surface area contributed by atoms with Crippen molar-refractivity contribution in [1.29, 1.82) is 0 Å². The second kappa shape index (κ2) is 8.38. The lowest BCUT2D eigenvalue weighted by Gasteiger charge is -2.10. The third-order valence-corrected chi connectivity index (χ3v) is 5.04. The molecule has 0 amide bonds. The Morgan fingerprint density at radius 3 is 2.83 bits per heavy atom. The molecule has 9 heteroatoms. The van der Waals surface area contributed by atoms with Crippen molar-refractivity contribution in [2.45, 2.75) is 6.42 Å². The fourth-order valence-corrected chi connectivity index (χ4v) is 3.54. The molecule has 1 aliphatic heterocycles. The first kappa shape index (κ1) is 20.3. The number of nitrogens with zero attached hydrogens (tertiary/aromatic N) is 1. The Morgan fingerprint density at radius 2 is 2.03 bits per heavy atom. The van der Waals surface area contributed by atoms with E-state index in [0.29, 0.717) is 46.2 Å². The zero-order chi connectivity index (χ0) is 21.3. The number of fused-ring (bicyclic) bond motifs is 2. The van der Waals surface area contributed by atoms with Gasteiger partial charge in [0.15, 0.2) is 17.3 Å². The topological polar surface area (TPSA) is 90.5 Å². The van der Waals surface area contributed by atoms with Gasteiger partial charge >= 0.3 is 5.97 Å². The Kier molecular flexibility index (Phi) is 5.65. The maximum absolute atomic E-state index is 12.4. The Hall–Kier alpha value is -3.03. The van der Waals surface area contributed by atoms with E-state index in [1.54, 1.807) is 18.2 Å². The summed E-state index contributed by atoms with van der Waals surface area (Å²) in [6.45, 7) is 1.05. The van der Waals surface area contributed by atoms with Gasteiger partial charge in [-0.2, -0.15) is 0 Å². The van der Waals surface area contributed by atoms with Gasteiger partial charge in [0.25, 0.3) is 5.56 Å². The number of carbonyl (C=O) groups excluding carboxylic acids is 1. The number of hydrogen-bond acceptors (Lipinski definition) is 6. The zero-order valence-electron chi connectivity index (χ0n) is 15.8. The largest absolute Gasteiger partial charge is 0.489 e. The van der Waals surface area contributed by atoms with Crippen LogP contribution in [-0.2, 0) is 4.74 Å². The highest BCUT2D eigenvalue weighted by molar-refractivity contribution is 6.50. The van der Waals surface area contributed by atoms with Crippen LogP contribution in [0.2, 0.25) is 5.02 Å². The van der Waals surface area contributed by atoms with Gasteiger partial charge in [0.1, 0.15) is 0 Å². The van der Waals surface area contributed by atoms with Crippen LogP contribution in [0.25, 0.3) is 22.0 Å². The van der Waals surface area contributed by atoms with Gasteiger partial charge in [0.2, 0.25) is 0 Å². The van der Waals surface area contributed by atoms with Crippen molar-refractivity contribution in [2.24, 2.45) is 0 Å². The molecule has 1 N–H and O–H groups in total. The van der Waals surface area contributed by atoms with Crippen LogP contribution in [0, 0.1) is 0 Å². The first-order valence-corrected chi connectivity index (χ1v) is 9.81. The summed E-state index contributed by atoms with van der Waals surface area (Å²) in [6.07, 6.45) is 2.36. The fraction of sp³-hybridized carbons (Fsp3) is 0.190. The zero-order valence-corrected chi connectivity index (χ0v) is 17.3. The van der Waals surface area contributed by atoms with E-state index in [4.69, 9.17) is 37.4 Å². The molecule has 0 fully saturated rings. The number of nitrogens with one attached hydrogen (secondary N) is 1. The Balaban J connectivity index is 1.75. The number of ether oxygens (including phenoxy) is 3. The molecule has 3 aromatic rings. The predicted octanol–water partition coefficient (Wildman–Crippen LogP) is 4.26. The van der Waals surface area contributed by atoms with Crippen LogP contribution in [-0.4, -0.2) is 36.3 Å². The van der Waals surface area contributed by atoms with Gasteiger partial charge < -0.3 is 19.2 Å². The van der Waals surface area contributed by atoms with Crippen LogP contribution >= 0.6 is 23.2 Å². The van der Waals surface area contributed by atoms with E-state index in [1.165, 1.54) is 25.3 Å². The molecule has 0 saturated heterocycles. The summed E-state index contributed by atoms with van der Waals surface area (Å²) in [4.78, 5) is 31.2. The first-order chi connectivity index (χ1) is 14.5. The highest BCUT2D eigenvalue weighted by Gasteiger charge is 2.16. The molecule has 4 rings (SSSR count). The summed E-state index contributed by atoms with van der Waals surface area (Å²) < 4.78 is 16.0. The van der Waals surface area contributed by atoms with Crippen LogP contribution in [0.4, 0.5) is 0 Å². The number of halogens is 2. The number of methoxy groups -OCH3 is 1. The maximum Gasteiger partial charge on any atom is 0.337 e. The Labute approximate surface area is 181 Å². The lowest BCUT2D eigenvalue weighted by Crippen LogP contribution is -2.11. The van der Waals surface area contributed by atoms with Crippen LogP contribution < -0.4 is 15.0 Å². The number of carbonyl (C=O) groups is 1. The summed E-state index contributed by atoms with van der Waals surface area (Å²) >= 11 is 12.8. The number of benzene rings is 2. The van der Waals surface area contributed by atoms with Gasteiger partial charge in [0.05, 0.1) is 46.8 Å². The standard InChI is InChI=1S/C21H16Cl2N2O5/c1-28-21(27)12-3-4-13-16(10-12)24-19(25-20(13)26)15(23)8-11-7-14(22)18-17(9-11)29-5-2-6-30-18/h3-4,7-10H,2,5-6H2,1H3,(H,24,25,26)/b15-8-. The molecule has 0 saturated carbocycles. The third-order valence-electron chi connectivity index (χ3n) is 4.47. The molecule has 0 spiro atoms. The predicted molar refractivity (Wildman–Crippen MR) is 114 cm³/mol. The number of aromatic amines is 1. The molecule has 0 radical (unpaired) electrons. The molecule has 0 unspecified atom stereocenters. The van der Waals surface area contributed by atoms with E-state index in [-0.39, 0.29) is 22.0 Å². The first-order valence-electron chi connectivity index (χ1n) is 9.05. The fourth-order valence-electron chi connectivity index (χ4n) is 3.05. The van der Waals surface area contributed by atoms with Crippen molar-refractivity contribution in [3.8, 4) is 11.5 Å². The van der Waals surface area contributed by atoms with Gasteiger partial charge in [0, 0.05) is 6.42 Å². The second-order valence-electron chi connectivity index (χ2n) is 6.51. The average Bonchev–Trinajstić information content (AvgIpc) is 2.98. The third kappa shape index (κ3) is 3.99. The molecule has 2 heterocycles. The summed E-state index contributed by atoms with van der Waals surface area (Å²) in [7, 11) is 1.28. The number of rotatable bonds is 3. The lowest BCUT2D eigenvalue weighted by atomic mass is 10.1. The minimum Gasteiger partial charge on any atom is -0.489 e. The molecular weight excluding hydrogens is 431 g/mol. The van der Waals surface area contributed by atoms with Gasteiger partial charge in [-0.1, -0.05) is 23.2 Å². The Morgan fingerprint density at radius 1 is 1.23 bits per heavy atom. The molecule has 154 valence electrons. The normalized spacial score (nSPS) is 13.8. The maximum atomic E-state index is 12.4. The number of H-pyrrole nitrogens is 1. The number of esters is 1. The van der Waals surface area contributed by atoms with Crippen molar-refractivity contribution >= 4 is 51.2 Å². The number of aromatic nitrogens is 2. The van der Waals surface area contributed by atoms with Crippen molar-refractivity contribution in [1.82, 2.24) is 9.97 Å². The van der Waals surface area contributed by atoms with E-state index in [2.05, 4.69) is 9.97 Å². The second-order valence-corrected chi connectivity index (χ2v) is 7.33. The summed E-state index contributed by atoms with van der Waals surface area (Å²) in [5.74, 6) is 0.650. The minimum absolute atomic E-state index is 0.152. The molecular formula is C21H16Cl2N2O5. The summed E-state index contributed by atoms with van der Waals surface area (Å²) in [5.41, 5.74) is 0.874. The van der Waals surface area contributed by atoms with Crippen molar-refractivity contribution in [3.63, 3.8) is 0 Å². The monoisotopic (exact) mass is 446 g/mol. The van der Waals surface area contributed by atoms with E-state index in [1.807, 2.05) is 0 Å².